The smallest absolute Gasteiger partial charge is 0.288 e. The van der Waals surface area contributed by atoms with E-state index in [9.17, 15) is 8.42 Å². The zero-order chi connectivity index (χ0) is 17.3. The molecule has 9 heteroatoms. The highest BCUT2D eigenvalue weighted by molar-refractivity contribution is 7.91. The van der Waals surface area contributed by atoms with Gasteiger partial charge in [0.1, 0.15) is 0 Å². The van der Waals surface area contributed by atoms with Crippen LogP contribution >= 0.6 is 23.8 Å². The zero-order valence-corrected chi connectivity index (χ0v) is 15.6. The summed E-state index contributed by atoms with van der Waals surface area (Å²) in [5.41, 5.74) is 0.788. The molecule has 0 aliphatic carbocycles. The largest absolute Gasteiger partial charge is 0.409 e. The van der Waals surface area contributed by atoms with E-state index in [0.717, 1.165) is 5.56 Å². The lowest BCUT2D eigenvalue weighted by atomic mass is 10.2. The molecule has 1 fully saturated rings. The fourth-order valence-electron chi connectivity index (χ4n) is 2.81. The van der Waals surface area contributed by atoms with E-state index in [0.29, 0.717) is 30.5 Å². The Morgan fingerprint density at radius 3 is 2.71 bits per heavy atom. The van der Waals surface area contributed by atoms with Crippen molar-refractivity contribution in [3.8, 4) is 11.5 Å². The predicted octanol–water partition coefficient (Wildman–Crippen LogP) is 2.99. The van der Waals surface area contributed by atoms with Crippen LogP contribution in [0.2, 0.25) is 5.02 Å². The van der Waals surface area contributed by atoms with Gasteiger partial charge in [0.2, 0.25) is 5.89 Å². The van der Waals surface area contributed by atoms with Gasteiger partial charge in [0.05, 0.1) is 18.2 Å². The van der Waals surface area contributed by atoms with Gasteiger partial charge < -0.3 is 4.42 Å². The molecule has 24 heavy (non-hydrogen) atoms. The molecule has 1 atom stereocenters. The Balaban J connectivity index is 1.80. The zero-order valence-electron chi connectivity index (χ0n) is 13.2. The molecule has 0 amide bonds. The van der Waals surface area contributed by atoms with Gasteiger partial charge in [0.15, 0.2) is 9.84 Å². The van der Waals surface area contributed by atoms with E-state index in [2.05, 4.69) is 10.00 Å². The molecule has 6 nitrogen and oxygen atoms in total. The van der Waals surface area contributed by atoms with E-state index in [-0.39, 0.29) is 22.4 Å². The highest BCUT2D eigenvalue weighted by Crippen LogP contribution is 2.22. The Morgan fingerprint density at radius 2 is 2.12 bits per heavy atom. The van der Waals surface area contributed by atoms with Crippen LogP contribution in [0, 0.1) is 4.84 Å². The normalized spacial score (nSPS) is 19.9. The maximum Gasteiger partial charge on any atom is 0.288 e. The summed E-state index contributed by atoms with van der Waals surface area (Å²) in [6.07, 6.45) is 0.644. The van der Waals surface area contributed by atoms with Crippen molar-refractivity contribution >= 4 is 33.7 Å². The number of rotatable bonds is 5. The molecular formula is C15H18ClN3O3S2. The maximum atomic E-state index is 11.7. The minimum Gasteiger partial charge on any atom is -0.409 e. The van der Waals surface area contributed by atoms with E-state index in [1.54, 1.807) is 16.8 Å². The van der Waals surface area contributed by atoms with Gasteiger partial charge in [0.25, 0.3) is 4.84 Å². The van der Waals surface area contributed by atoms with Crippen molar-refractivity contribution in [2.75, 3.05) is 18.1 Å². The van der Waals surface area contributed by atoms with E-state index in [1.165, 1.54) is 0 Å². The van der Waals surface area contributed by atoms with Crippen LogP contribution in [0.25, 0.3) is 11.5 Å². The summed E-state index contributed by atoms with van der Waals surface area (Å²) in [5.74, 6) is 0.858. The lowest BCUT2D eigenvalue weighted by molar-refractivity contribution is 0.162. The van der Waals surface area contributed by atoms with Crippen molar-refractivity contribution in [3.05, 3.63) is 34.1 Å². The molecule has 1 aliphatic rings. The Morgan fingerprint density at radius 1 is 1.42 bits per heavy atom. The second kappa shape index (κ2) is 6.95. The van der Waals surface area contributed by atoms with Crippen LogP contribution in [-0.2, 0) is 16.5 Å². The monoisotopic (exact) mass is 387 g/mol. The van der Waals surface area contributed by atoms with Crippen molar-refractivity contribution in [2.24, 2.45) is 0 Å². The quantitative estimate of drug-likeness (QED) is 0.734. The third kappa shape index (κ3) is 3.88. The molecule has 1 saturated heterocycles. The summed E-state index contributed by atoms with van der Waals surface area (Å²) in [6, 6.07) is 7.15. The van der Waals surface area contributed by atoms with Crippen molar-refractivity contribution in [1.82, 2.24) is 14.7 Å². The molecule has 0 spiro atoms. The van der Waals surface area contributed by atoms with E-state index in [4.69, 9.17) is 28.2 Å². The number of benzene rings is 1. The lowest BCUT2D eigenvalue weighted by Gasteiger charge is -2.25. The number of aromatic nitrogens is 2. The molecule has 0 radical (unpaired) electrons. The van der Waals surface area contributed by atoms with Gasteiger partial charge in [-0.3, -0.25) is 4.90 Å². The maximum absolute atomic E-state index is 11.7. The van der Waals surface area contributed by atoms with Gasteiger partial charge in [-0.25, -0.2) is 13.1 Å². The van der Waals surface area contributed by atoms with Gasteiger partial charge in [-0.15, -0.1) is 5.10 Å². The van der Waals surface area contributed by atoms with Crippen molar-refractivity contribution in [1.29, 1.82) is 0 Å². The SMILES string of the molecule is CCN(Cn1nc(-c2ccc(Cl)cc2)oc1=S)[C@H]1CCS(=O)(=O)C1. The summed E-state index contributed by atoms with van der Waals surface area (Å²) in [5, 5.41) is 5.05. The van der Waals surface area contributed by atoms with Gasteiger partial charge in [-0.05, 0) is 49.4 Å². The predicted molar refractivity (Wildman–Crippen MR) is 95.2 cm³/mol. The summed E-state index contributed by atoms with van der Waals surface area (Å²) in [7, 11) is -2.93. The molecule has 2 aromatic rings. The number of hydrogen-bond donors (Lipinski definition) is 0. The van der Waals surface area contributed by atoms with E-state index >= 15 is 0 Å². The first-order chi connectivity index (χ1) is 11.4. The summed E-state index contributed by atoms with van der Waals surface area (Å²) in [4.78, 5) is 2.33. The fraction of sp³-hybridized carbons (Fsp3) is 0.467. The van der Waals surface area contributed by atoms with Crippen LogP contribution in [0.3, 0.4) is 0 Å². The number of nitrogens with zero attached hydrogens (tertiary/aromatic N) is 3. The van der Waals surface area contributed by atoms with Gasteiger partial charge in [-0.2, -0.15) is 0 Å². The molecular weight excluding hydrogens is 370 g/mol. The van der Waals surface area contributed by atoms with Crippen LogP contribution < -0.4 is 0 Å². The van der Waals surface area contributed by atoms with E-state index < -0.39 is 9.84 Å². The van der Waals surface area contributed by atoms with Crippen LogP contribution in [0.4, 0.5) is 0 Å². The van der Waals surface area contributed by atoms with Crippen LogP contribution in [0.1, 0.15) is 13.3 Å². The first-order valence-electron chi connectivity index (χ1n) is 7.66. The first kappa shape index (κ1) is 17.6. The highest BCUT2D eigenvalue weighted by atomic mass is 35.5. The van der Waals surface area contributed by atoms with Gasteiger partial charge in [-0.1, -0.05) is 18.5 Å². The molecule has 0 unspecified atom stereocenters. The molecule has 0 saturated carbocycles. The Labute approximate surface area is 150 Å². The fourth-order valence-corrected chi connectivity index (χ4v) is 4.88. The second-order valence-electron chi connectivity index (χ2n) is 5.78. The topological polar surface area (TPSA) is 68.3 Å². The molecule has 1 aromatic carbocycles. The number of halogens is 1. The number of sulfone groups is 1. The van der Waals surface area contributed by atoms with Crippen molar-refractivity contribution in [3.63, 3.8) is 0 Å². The first-order valence-corrected chi connectivity index (χ1v) is 10.3. The Hall–Kier alpha value is -1.22. The molecule has 1 aliphatic heterocycles. The Kier molecular flexibility index (Phi) is 5.10. The standard InChI is InChI=1S/C15H18ClN3O3S2/c1-2-18(13-7-8-24(20,21)9-13)10-19-15(23)22-14(17-19)11-3-5-12(16)6-4-11/h3-6,13H,2,7-10H2,1H3/t13-/m0/s1. The molecule has 1 aromatic heterocycles. The highest BCUT2D eigenvalue weighted by Gasteiger charge is 2.32. The third-order valence-corrected chi connectivity index (χ3v) is 6.44. The third-order valence-electron chi connectivity index (χ3n) is 4.14. The van der Waals surface area contributed by atoms with Crippen molar-refractivity contribution < 1.29 is 12.8 Å². The summed E-state index contributed by atoms with van der Waals surface area (Å²) >= 11 is 11.1. The lowest BCUT2D eigenvalue weighted by Crippen LogP contribution is -2.37. The average Bonchev–Trinajstić information content (AvgIpc) is 3.08. The minimum absolute atomic E-state index is 0.00224. The molecule has 130 valence electrons. The average molecular weight is 388 g/mol. The van der Waals surface area contributed by atoms with Crippen molar-refractivity contribution in [2.45, 2.75) is 26.1 Å². The van der Waals surface area contributed by atoms with Gasteiger partial charge >= 0.3 is 0 Å². The van der Waals surface area contributed by atoms with Crippen LogP contribution in [0.15, 0.2) is 28.7 Å². The van der Waals surface area contributed by atoms with Crippen LogP contribution in [0.5, 0.6) is 0 Å². The summed E-state index contributed by atoms with van der Waals surface area (Å²) < 4.78 is 30.6. The molecule has 0 N–H and O–H groups in total. The van der Waals surface area contributed by atoms with E-state index in [1.807, 2.05) is 19.1 Å². The molecule has 3 rings (SSSR count). The summed E-state index contributed by atoms with van der Waals surface area (Å²) in [6.45, 7) is 3.12. The minimum atomic E-state index is -2.93. The molecule has 2 heterocycles. The van der Waals surface area contributed by atoms with Gasteiger partial charge in [0, 0.05) is 16.6 Å². The number of hydrogen-bond acceptors (Lipinski definition) is 6. The Bertz CT molecular complexity index is 874. The molecule has 0 bridgehead atoms. The van der Waals surface area contributed by atoms with Crippen LogP contribution in [-0.4, -0.2) is 47.2 Å². The second-order valence-corrected chi connectivity index (χ2v) is 8.80.